The van der Waals surface area contributed by atoms with Gasteiger partial charge in [-0.1, -0.05) is 66.7 Å². The molecule has 0 radical (unpaired) electrons. The summed E-state index contributed by atoms with van der Waals surface area (Å²) in [5, 5.41) is 0. The van der Waals surface area contributed by atoms with Crippen LogP contribution in [0, 0.1) is 0 Å². The van der Waals surface area contributed by atoms with E-state index in [0.717, 1.165) is 0 Å². The molecule has 0 N–H and O–H groups in total. The minimum absolute atomic E-state index is 1.21. The second-order valence-corrected chi connectivity index (χ2v) is 3.79. The van der Waals surface area contributed by atoms with Crippen molar-refractivity contribution in [2.75, 3.05) is 19.6 Å². The van der Waals surface area contributed by atoms with Gasteiger partial charge < -0.3 is 4.90 Å². The molecule has 1 nitrogen and oxygen atoms in total. The van der Waals surface area contributed by atoms with Crippen LogP contribution >= 0.6 is 0 Å². The normalized spacial score (nSPS) is 10.0. The molecule has 0 fully saturated rings. The molecule has 0 aromatic heterocycles. The zero-order chi connectivity index (χ0) is 11.9. The first-order chi connectivity index (χ1) is 7.35. The molecule has 1 heteroatoms. The van der Waals surface area contributed by atoms with E-state index in [9.17, 15) is 0 Å². The van der Waals surface area contributed by atoms with Crippen molar-refractivity contribution in [2.45, 2.75) is 73.1 Å². The maximum Gasteiger partial charge on any atom is -0.00190 e. The molecule has 0 aliphatic heterocycles. The third-order valence-electron chi connectivity index (χ3n) is 2.72. The van der Waals surface area contributed by atoms with Gasteiger partial charge in [0.2, 0.25) is 0 Å². The largest absolute Gasteiger partial charge is 0.304 e. The van der Waals surface area contributed by atoms with Gasteiger partial charge >= 0.3 is 0 Å². The van der Waals surface area contributed by atoms with E-state index < -0.39 is 0 Å². The number of hydrogen-bond acceptors (Lipinski definition) is 1. The van der Waals surface area contributed by atoms with Gasteiger partial charge in [-0.2, -0.15) is 0 Å². The summed E-state index contributed by atoms with van der Waals surface area (Å²) in [6.07, 6.45) is 8.48. The summed E-state index contributed by atoms with van der Waals surface area (Å²) in [6, 6.07) is 0. The average Bonchev–Trinajstić information content (AvgIpc) is 2.31. The second kappa shape index (κ2) is 16.4. The van der Waals surface area contributed by atoms with Gasteiger partial charge in [-0.25, -0.2) is 0 Å². The summed E-state index contributed by atoms with van der Waals surface area (Å²) in [7, 11) is 0. The topological polar surface area (TPSA) is 3.24 Å². The van der Waals surface area contributed by atoms with Crippen LogP contribution in [-0.2, 0) is 0 Å². The Hall–Kier alpha value is -0.0400. The van der Waals surface area contributed by atoms with E-state index in [2.05, 4.69) is 25.7 Å². The summed E-state index contributed by atoms with van der Waals surface area (Å²) in [5.74, 6) is 0. The minimum atomic E-state index is 1.21. The number of nitrogens with zero attached hydrogens (tertiary/aromatic N) is 1. The maximum atomic E-state index is 2.51. The van der Waals surface area contributed by atoms with Crippen LogP contribution in [0.25, 0.3) is 0 Å². The van der Waals surface area contributed by atoms with Crippen molar-refractivity contribution in [2.24, 2.45) is 0 Å². The molecule has 0 aliphatic rings. The average molecular weight is 215 g/mol. The van der Waals surface area contributed by atoms with Crippen molar-refractivity contribution in [1.82, 2.24) is 4.90 Å². The molecular formula is C14H33N. The zero-order valence-electron chi connectivity index (χ0n) is 11.8. The van der Waals surface area contributed by atoms with Crippen LogP contribution in [0.4, 0.5) is 0 Å². The lowest BCUT2D eigenvalue weighted by Gasteiger charge is -2.17. The van der Waals surface area contributed by atoms with Crippen molar-refractivity contribution in [3.8, 4) is 0 Å². The number of rotatable bonds is 9. The Labute approximate surface area is 98.2 Å². The van der Waals surface area contributed by atoms with Crippen molar-refractivity contribution in [3.63, 3.8) is 0 Å². The molecule has 0 rings (SSSR count). The van der Waals surface area contributed by atoms with Gasteiger partial charge in [0.25, 0.3) is 0 Å². The van der Waals surface area contributed by atoms with Crippen molar-refractivity contribution < 1.29 is 0 Å². The van der Waals surface area contributed by atoms with Crippen LogP contribution in [0.15, 0.2) is 0 Å². The third kappa shape index (κ3) is 14.0. The number of unbranched alkanes of at least 4 members (excludes halogenated alkanes) is 5. The predicted octanol–water partition coefficient (Wildman–Crippen LogP) is 4.71. The van der Waals surface area contributed by atoms with E-state index in [0.29, 0.717) is 0 Å². The van der Waals surface area contributed by atoms with E-state index in [4.69, 9.17) is 0 Å². The Kier molecular flexibility index (Phi) is 19.0. The fraction of sp³-hybridized carbons (Fsp3) is 1.00. The van der Waals surface area contributed by atoms with Crippen LogP contribution < -0.4 is 0 Å². The quantitative estimate of drug-likeness (QED) is 0.503. The van der Waals surface area contributed by atoms with Gasteiger partial charge in [-0.05, 0) is 26.1 Å². The van der Waals surface area contributed by atoms with Crippen LogP contribution in [0.3, 0.4) is 0 Å². The first kappa shape index (κ1) is 17.4. The Bertz CT molecular complexity index is 87.3. The lowest BCUT2D eigenvalue weighted by Crippen LogP contribution is -2.23. The van der Waals surface area contributed by atoms with E-state index in [1.807, 2.05) is 13.8 Å². The molecule has 0 aliphatic carbocycles. The molecule has 0 saturated heterocycles. The summed E-state index contributed by atoms with van der Waals surface area (Å²) in [6.45, 7) is 14.5. The van der Waals surface area contributed by atoms with E-state index in [-0.39, 0.29) is 0 Å². The SMILES string of the molecule is CC.CCCCCCCCN(CC)CC. The Morgan fingerprint density at radius 2 is 1.13 bits per heavy atom. The smallest absolute Gasteiger partial charge is 0.00190 e. The highest BCUT2D eigenvalue weighted by Gasteiger charge is 1.97. The standard InChI is InChI=1S/C12H27N.C2H6/c1-4-7-8-9-10-11-12-13(5-2)6-3;1-2/h4-12H2,1-3H3;1-2H3. The second-order valence-electron chi connectivity index (χ2n) is 3.79. The third-order valence-corrected chi connectivity index (χ3v) is 2.72. The molecular weight excluding hydrogens is 182 g/mol. The Balaban J connectivity index is 0. The molecule has 0 aromatic carbocycles. The molecule has 0 amide bonds. The Morgan fingerprint density at radius 1 is 0.667 bits per heavy atom. The molecule has 0 spiro atoms. The van der Waals surface area contributed by atoms with Crippen molar-refractivity contribution >= 4 is 0 Å². The highest BCUT2D eigenvalue weighted by atomic mass is 15.1. The van der Waals surface area contributed by atoms with Crippen LogP contribution in [0.2, 0.25) is 0 Å². The highest BCUT2D eigenvalue weighted by molar-refractivity contribution is 4.52. The zero-order valence-corrected chi connectivity index (χ0v) is 11.8. The maximum absolute atomic E-state index is 2.51. The van der Waals surface area contributed by atoms with Gasteiger partial charge in [0.15, 0.2) is 0 Å². The van der Waals surface area contributed by atoms with E-state index >= 15 is 0 Å². The molecule has 0 atom stereocenters. The lowest BCUT2D eigenvalue weighted by molar-refractivity contribution is 0.295. The minimum Gasteiger partial charge on any atom is -0.304 e. The fourth-order valence-corrected chi connectivity index (χ4v) is 1.66. The van der Waals surface area contributed by atoms with Crippen molar-refractivity contribution in [3.05, 3.63) is 0 Å². The molecule has 0 saturated carbocycles. The van der Waals surface area contributed by atoms with Crippen LogP contribution in [0.5, 0.6) is 0 Å². The van der Waals surface area contributed by atoms with Crippen LogP contribution in [0.1, 0.15) is 73.1 Å². The predicted molar refractivity (Wildman–Crippen MR) is 72.5 cm³/mol. The summed E-state index contributed by atoms with van der Waals surface area (Å²) < 4.78 is 0. The van der Waals surface area contributed by atoms with Gasteiger partial charge in [0.1, 0.15) is 0 Å². The first-order valence-corrected chi connectivity index (χ1v) is 7.07. The van der Waals surface area contributed by atoms with E-state index in [1.54, 1.807) is 0 Å². The highest BCUT2D eigenvalue weighted by Crippen LogP contribution is 2.05. The molecule has 15 heavy (non-hydrogen) atoms. The van der Waals surface area contributed by atoms with Gasteiger partial charge in [0.05, 0.1) is 0 Å². The molecule has 0 aromatic rings. The van der Waals surface area contributed by atoms with Gasteiger partial charge in [-0.15, -0.1) is 0 Å². The van der Waals surface area contributed by atoms with E-state index in [1.165, 1.54) is 58.2 Å². The van der Waals surface area contributed by atoms with Gasteiger partial charge in [0, 0.05) is 0 Å². The molecule has 0 heterocycles. The first-order valence-electron chi connectivity index (χ1n) is 7.07. The number of hydrogen-bond donors (Lipinski definition) is 0. The molecule has 94 valence electrons. The van der Waals surface area contributed by atoms with Crippen LogP contribution in [-0.4, -0.2) is 24.5 Å². The molecule has 0 bridgehead atoms. The lowest BCUT2D eigenvalue weighted by atomic mass is 10.1. The van der Waals surface area contributed by atoms with Crippen molar-refractivity contribution in [1.29, 1.82) is 0 Å². The Morgan fingerprint density at radius 3 is 1.60 bits per heavy atom. The summed E-state index contributed by atoms with van der Waals surface area (Å²) in [5.41, 5.74) is 0. The summed E-state index contributed by atoms with van der Waals surface area (Å²) in [4.78, 5) is 2.51. The molecule has 0 unspecified atom stereocenters. The summed E-state index contributed by atoms with van der Waals surface area (Å²) >= 11 is 0. The monoisotopic (exact) mass is 215 g/mol. The fourth-order valence-electron chi connectivity index (χ4n) is 1.66. The van der Waals surface area contributed by atoms with Gasteiger partial charge in [-0.3, -0.25) is 0 Å².